The molecule has 0 amide bonds. The van der Waals surface area contributed by atoms with E-state index in [0.717, 1.165) is 48.4 Å². The van der Waals surface area contributed by atoms with E-state index in [2.05, 4.69) is 19.3 Å². The summed E-state index contributed by atoms with van der Waals surface area (Å²) < 4.78 is 38.3. The molecule has 0 bridgehead atoms. The van der Waals surface area contributed by atoms with Gasteiger partial charge in [-0.3, -0.25) is 0 Å². The largest absolute Gasteiger partial charge is 0.465 e. The first-order chi connectivity index (χ1) is 14.0. The number of nitrogens with zero attached hydrogens (tertiary/aromatic N) is 2. The van der Waals surface area contributed by atoms with E-state index < -0.39 is 16.0 Å². The summed E-state index contributed by atoms with van der Waals surface area (Å²) in [6.07, 6.45) is 1.63. The van der Waals surface area contributed by atoms with Gasteiger partial charge in [-0.2, -0.15) is 4.98 Å². The van der Waals surface area contributed by atoms with Gasteiger partial charge in [-0.15, -0.1) is 11.3 Å². The number of nitrogens with one attached hydrogen (secondary N) is 1. The predicted molar refractivity (Wildman–Crippen MR) is 110 cm³/mol. The lowest BCUT2D eigenvalue weighted by molar-refractivity contribution is 0.0602. The second kappa shape index (κ2) is 8.13. The number of thiophene rings is 1. The number of oxazole rings is 1. The topological polar surface area (TPSA) is 102 Å². The van der Waals surface area contributed by atoms with Crippen molar-refractivity contribution in [2.24, 2.45) is 5.92 Å². The fourth-order valence-electron chi connectivity index (χ4n) is 3.38. The summed E-state index contributed by atoms with van der Waals surface area (Å²) in [6.45, 7) is 1.80. The van der Waals surface area contributed by atoms with Crippen molar-refractivity contribution < 1.29 is 22.4 Å². The second-order valence-electron chi connectivity index (χ2n) is 6.85. The first-order valence-corrected chi connectivity index (χ1v) is 11.6. The van der Waals surface area contributed by atoms with Gasteiger partial charge in [0, 0.05) is 19.6 Å². The zero-order valence-electron chi connectivity index (χ0n) is 15.8. The van der Waals surface area contributed by atoms with E-state index in [1.54, 1.807) is 5.38 Å². The molecule has 4 rings (SSSR count). The van der Waals surface area contributed by atoms with Crippen molar-refractivity contribution in [2.75, 3.05) is 31.6 Å². The minimum Gasteiger partial charge on any atom is -0.465 e. The SMILES string of the molecule is COC(=O)c1sccc1S(=O)(=O)NCC1CCN(c2nc3ccccc3o2)CC1. The van der Waals surface area contributed by atoms with E-state index in [0.29, 0.717) is 12.6 Å². The molecule has 1 fully saturated rings. The van der Waals surface area contributed by atoms with Gasteiger partial charge in [-0.25, -0.2) is 17.9 Å². The van der Waals surface area contributed by atoms with E-state index in [1.165, 1.54) is 13.2 Å². The molecule has 2 aromatic heterocycles. The van der Waals surface area contributed by atoms with Gasteiger partial charge in [0.05, 0.1) is 7.11 Å². The number of hydrogen-bond acceptors (Lipinski definition) is 8. The quantitative estimate of drug-likeness (QED) is 0.594. The van der Waals surface area contributed by atoms with Crippen LogP contribution >= 0.6 is 11.3 Å². The molecule has 1 aliphatic rings. The molecule has 1 aliphatic heterocycles. The molecule has 154 valence electrons. The minimum atomic E-state index is -3.77. The highest BCUT2D eigenvalue weighted by molar-refractivity contribution is 7.89. The maximum absolute atomic E-state index is 12.6. The van der Waals surface area contributed by atoms with Crippen LogP contribution in [-0.2, 0) is 14.8 Å². The maximum atomic E-state index is 12.6. The van der Waals surface area contributed by atoms with E-state index in [9.17, 15) is 13.2 Å². The lowest BCUT2D eigenvalue weighted by Crippen LogP contribution is -2.39. The van der Waals surface area contributed by atoms with Gasteiger partial charge in [0.1, 0.15) is 15.3 Å². The lowest BCUT2D eigenvalue weighted by atomic mass is 9.97. The number of sulfonamides is 1. The van der Waals surface area contributed by atoms with Crippen molar-refractivity contribution in [3.63, 3.8) is 0 Å². The molecular weight excluding hydrogens is 414 g/mol. The van der Waals surface area contributed by atoms with Crippen LogP contribution < -0.4 is 9.62 Å². The number of methoxy groups -OCH3 is 1. The third kappa shape index (κ3) is 4.14. The monoisotopic (exact) mass is 435 g/mol. The summed E-state index contributed by atoms with van der Waals surface area (Å²) in [5.41, 5.74) is 1.59. The third-order valence-corrected chi connectivity index (χ3v) is 7.51. The zero-order chi connectivity index (χ0) is 20.4. The van der Waals surface area contributed by atoms with Gasteiger partial charge in [0.2, 0.25) is 10.0 Å². The molecule has 0 unspecified atom stereocenters. The minimum absolute atomic E-state index is 0.0294. The highest BCUT2D eigenvalue weighted by Crippen LogP contribution is 2.27. The Bertz CT molecular complexity index is 1080. The van der Waals surface area contributed by atoms with E-state index in [1.807, 2.05) is 24.3 Å². The molecule has 8 nitrogen and oxygen atoms in total. The summed E-state index contributed by atoms with van der Waals surface area (Å²) >= 11 is 1.05. The number of anilines is 1. The molecule has 0 aliphatic carbocycles. The van der Waals surface area contributed by atoms with Crippen LogP contribution in [0.5, 0.6) is 0 Å². The predicted octanol–water partition coefficient (Wildman–Crippen LogP) is 2.87. The van der Waals surface area contributed by atoms with Crippen LogP contribution in [0.2, 0.25) is 0 Å². The average molecular weight is 436 g/mol. The van der Waals surface area contributed by atoms with Crippen LogP contribution in [0.25, 0.3) is 11.1 Å². The molecule has 29 heavy (non-hydrogen) atoms. The van der Waals surface area contributed by atoms with Crippen molar-refractivity contribution in [3.8, 4) is 0 Å². The van der Waals surface area contributed by atoms with Crippen molar-refractivity contribution in [1.29, 1.82) is 0 Å². The van der Waals surface area contributed by atoms with Crippen molar-refractivity contribution in [1.82, 2.24) is 9.71 Å². The lowest BCUT2D eigenvalue weighted by Gasteiger charge is -2.30. The summed E-state index contributed by atoms with van der Waals surface area (Å²) in [6, 6.07) is 9.67. The number of fused-ring (bicyclic) bond motifs is 1. The van der Waals surface area contributed by atoms with Crippen LogP contribution in [0.4, 0.5) is 6.01 Å². The van der Waals surface area contributed by atoms with Gasteiger partial charge in [0.25, 0.3) is 6.01 Å². The van der Waals surface area contributed by atoms with Crippen LogP contribution in [-0.4, -0.2) is 46.1 Å². The number of aromatic nitrogens is 1. The Balaban J connectivity index is 1.35. The molecule has 1 aromatic carbocycles. The van der Waals surface area contributed by atoms with Crippen molar-refractivity contribution in [2.45, 2.75) is 17.7 Å². The van der Waals surface area contributed by atoms with E-state index in [-0.39, 0.29) is 15.7 Å². The van der Waals surface area contributed by atoms with E-state index >= 15 is 0 Å². The Kier molecular flexibility index (Phi) is 5.57. The normalized spacial score (nSPS) is 15.7. The highest BCUT2D eigenvalue weighted by Gasteiger charge is 2.27. The molecule has 10 heteroatoms. The molecule has 3 heterocycles. The molecule has 1 saturated heterocycles. The summed E-state index contributed by atoms with van der Waals surface area (Å²) in [7, 11) is -2.54. The molecule has 1 N–H and O–H groups in total. The number of rotatable bonds is 6. The second-order valence-corrected chi connectivity index (χ2v) is 9.50. The summed E-state index contributed by atoms with van der Waals surface area (Å²) in [4.78, 5) is 18.4. The number of carbonyl (C=O) groups is 1. The van der Waals surface area contributed by atoms with Crippen LogP contribution in [0.3, 0.4) is 0 Å². The number of hydrogen-bond donors (Lipinski definition) is 1. The third-order valence-electron chi connectivity index (χ3n) is 5.02. The van der Waals surface area contributed by atoms with Crippen LogP contribution in [0.1, 0.15) is 22.5 Å². The Morgan fingerprint density at radius 2 is 2.07 bits per heavy atom. The van der Waals surface area contributed by atoms with Crippen molar-refractivity contribution >= 4 is 44.4 Å². The Hall–Kier alpha value is -2.43. The zero-order valence-corrected chi connectivity index (χ0v) is 17.5. The molecule has 0 spiro atoms. The standard InChI is InChI=1S/C19H21N3O5S2/c1-26-18(23)17-16(8-11-28-17)29(24,25)20-12-13-6-9-22(10-7-13)19-21-14-4-2-3-5-15(14)27-19/h2-5,8,11,13,20H,6-7,9-10,12H2,1H3. The van der Waals surface area contributed by atoms with Gasteiger partial charge in [0.15, 0.2) is 5.58 Å². The van der Waals surface area contributed by atoms with Gasteiger partial charge in [-0.05, 0) is 42.3 Å². The average Bonchev–Trinajstić information content (AvgIpc) is 3.39. The van der Waals surface area contributed by atoms with Gasteiger partial charge in [-0.1, -0.05) is 12.1 Å². The number of esters is 1. The Labute approximate surface area is 172 Å². The number of piperidine rings is 1. The van der Waals surface area contributed by atoms with Crippen LogP contribution in [0, 0.1) is 5.92 Å². The Morgan fingerprint density at radius 3 is 2.79 bits per heavy atom. The molecular formula is C19H21N3O5S2. The first kappa shape index (κ1) is 19.9. The maximum Gasteiger partial charge on any atom is 0.349 e. The molecule has 0 saturated carbocycles. The summed E-state index contributed by atoms with van der Waals surface area (Å²) in [5.74, 6) is -0.447. The number of benzene rings is 1. The molecule has 0 atom stereocenters. The number of ether oxygens (including phenoxy) is 1. The molecule has 3 aromatic rings. The molecule has 0 radical (unpaired) electrons. The number of carbonyl (C=O) groups excluding carboxylic acids is 1. The van der Waals surface area contributed by atoms with Gasteiger partial charge < -0.3 is 14.1 Å². The fourth-order valence-corrected chi connectivity index (χ4v) is 5.83. The Morgan fingerprint density at radius 1 is 1.31 bits per heavy atom. The number of para-hydroxylation sites is 2. The fraction of sp³-hybridized carbons (Fsp3) is 0.368. The van der Waals surface area contributed by atoms with Crippen LogP contribution in [0.15, 0.2) is 45.0 Å². The van der Waals surface area contributed by atoms with Gasteiger partial charge >= 0.3 is 5.97 Å². The van der Waals surface area contributed by atoms with Crippen molar-refractivity contribution in [3.05, 3.63) is 40.6 Å². The smallest absolute Gasteiger partial charge is 0.349 e. The first-order valence-electron chi connectivity index (χ1n) is 9.24. The van der Waals surface area contributed by atoms with E-state index in [4.69, 9.17) is 4.42 Å². The highest BCUT2D eigenvalue weighted by atomic mass is 32.2. The summed E-state index contributed by atoms with van der Waals surface area (Å²) in [5, 5.41) is 1.57.